The molecule has 4 heteroatoms. The number of carbonyl (C=O) groups is 1. The zero-order valence-electron chi connectivity index (χ0n) is 20.0. The molecule has 1 aromatic heterocycles. The van der Waals surface area contributed by atoms with Crippen LogP contribution in [-0.2, 0) is 12.0 Å². The zero-order valence-corrected chi connectivity index (χ0v) is 20.0. The van der Waals surface area contributed by atoms with Gasteiger partial charge in [-0.25, -0.2) is 4.79 Å². The van der Waals surface area contributed by atoms with Crippen LogP contribution in [0.2, 0.25) is 0 Å². The number of para-hydroxylation sites is 1. The standard InChI is InChI=1S/C30H31NO3/c1-30(2,3)23-15-13-22(14-16-23)27-25-9-4-5-10-26(25)31(28(27)29(32)33)18-21-7-6-8-24(17-21)34-19-20-11-12-20/h4-10,13-17,20H,11-12,18-19H2,1-3H3,(H,32,33). The number of carboxylic acid groups (broad SMARTS) is 1. The lowest BCUT2D eigenvalue weighted by Crippen LogP contribution is -2.11. The molecule has 1 saturated carbocycles. The van der Waals surface area contributed by atoms with E-state index in [2.05, 4.69) is 32.9 Å². The van der Waals surface area contributed by atoms with Crippen LogP contribution in [0.25, 0.3) is 22.0 Å². The number of rotatable bonds is 7. The Kier molecular flexibility index (Phi) is 5.68. The van der Waals surface area contributed by atoms with E-state index in [1.807, 2.05) is 65.2 Å². The maximum Gasteiger partial charge on any atom is 0.353 e. The van der Waals surface area contributed by atoms with Gasteiger partial charge in [0.1, 0.15) is 11.4 Å². The number of aromatic carboxylic acids is 1. The molecule has 0 aliphatic heterocycles. The summed E-state index contributed by atoms with van der Waals surface area (Å²) in [5.74, 6) is 0.603. The molecule has 1 aliphatic rings. The smallest absolute Gasteiger partial charge is 0.353 e. The Balaban J connectivity index is 1.58. The average Bonchev–Trinajstić information content (AvgIpc) is 3.59. The largest absolute Gasteiger partial charge is 0.493 e. The molecule has 34 heavy (non-hydrogen) atoms. The van der Waals surface area contributed by atoms with E-state index >= 15 is 0 Å². The first-order chi connectivity index (χ1) is 16.3. The lowest BCUT2D eigenvalue weighted by molar-refractivity contribution is 0.0687. The third-order valence-electron chi connectivity index (χ3n) is 6.63. The summed E-state index contributed by atoms with van der Waals surface area (Å²) < 4.78 is 7.88. The molecule has 1 N–H and O–H groups in total. The molecular formula is C30H31NO3. The Morgan fingerprint density at radius 1 is 1.00 bits per heavy atom. The van der Waals surface area contributed by atoms with Crippen LogP contribution in [0.15, 0.2) is 72.8 Å². The minimum atomic E-state index is -0.924. The van der Waals surface area contributed by atoms with Crippen LogP contribution in [0.3, 0.4) is 0 Å². The van der Waals surface area contributed by atoms with Gasteiger partial charge < -0.3 is 14.4 Å². The summed E-state index contributed by atoms with van der Waals surface area (Å²) in [5.41, 5.74) is 5.19. The number of aromatic nitrogens is 1. The quantitative estimate of drug-likeness (QED) is 0.323. The van der Waals surface area contributed by atoms with Gasteiger partial charge in [0.2, 0.25) is 0 Å². The highest BCUT2D eigenvalue weighted by Crippen LogP contribution is 2.37. The molecule has 0 unspecified atom stereocenters. The Morgan fingerprint density at radius 2 is 1.74 bits per heavy atom. The fourth-order valence-electron chi connectivity index (χ4n) is 4.53. The SMILES string of the molecule is CC(C)(C)c1ccc(-c2c(C(=O)O)n(Cc3cccc(OCC4CC4)c3)c3ccccc23)cc1. The summed E-state index contributed by atoms with van der Waals surface area (Å²) in [6, 6.07) is 24.3. The second-order valence-corrected chi connectivity index (χ2v) is 10.4. The van der Waals surface area contributed by atoms with Crippen LogP contribution in [0, 0.1) is 5.92 Å². The molecule has 1 aliphatic carbocycles. The number of carboxylic acids is 1. The number of nitrogens with zero attached hydrogens (tertiary/aromatic N) is 1. The second-order valence-electron chi connectivity index (χ2n) is 10.4. The topological polar surface area (TPSA) is 51.5 Å². The Hall–Kier alpha value is -3.53. The van der Waals surface area contributed by atoms with Gasteiger partial charge >= 0.3 is 5.97 Å². The van der Waals surface area contributed by atoms with Crippen molar-refractivity contribution < 1.29 is 14.6 Å². The summed E-state index contributed by atoms with van der Waals surface area (Å²) in [7, 11) is 0. The molecule has 1 fully saturated rings. The van der Waals surface area contributed by atoms with Gasteiger partial charge in [0.25, 0.3) is 0 Å². The summed E-state index contributed by atoms with van der Waals surface area (Å²) >= 11 is 0. The molecule has 0 saturated heterocycles. The van der Waals surface area contributed by atoms with E-state index < -0.39 is 5.97 Å². The minimum absolute atomic E-state index is 0.0365. The zero-order chi connectivity index (χ0) is 23.9. The molecule has 5 rings (SSSR count). The maximum atomic E-state index is 12.6. The highest BCUT2D eigenvalue weighted by molar-refractivity contribution is 6.08. The van der Waals surface area contributed by atoms with E-state index in [-0.39, 0.29) is 5.41 Å². The third kappa shape index (κ3) is 4.45. The highest BCUT2D eigenvalue weighted by Gasteiger charge is 2.25. The molecule has 174 valence electrons. The van der Waals surface area contributed by atoms with Gasteiger partial charge in [-0.1, -0.05) is 75.4 Å². The molecule has 0 radical (unpaired) electrons. The van der Waals surface area contributed by atoms with Crippen molar-refractivity contribution in [2.24, 2.45) is 5.92 Å². The first kappa shape index (κ1) is 22.3. The van der Waals surface area contributed by atoms with Crippen molar-refractivity contribution in [2.45, 2.75) is 45.6 Å². The third-order valence-corrected chi connectivity index (χ3v) is 6.63. The molecule has 4 nitrogen and oxygen atoms in total. The molecule has 1 heterocycles. The van der Waals surface area contributed by atoms with Crippen LogP contribution in [-0.4, -0.2) is 22.2 Å². The molecule has 0 bridgehead atoms. The lowest BCUT2D eigenvalue weighted by atomic mass is 9.86. The van der Waals surface area contributed by atoms with Gasteiger partial charge in [0, 0.05) is 23.0 Å². The van der Waals surface area contributed by atoms with Crippen molar-refractivity contribution in [1.82, 2.24) is 4.57 Å². The number of fused-ring (bicyclic) bond motifs is 1. The lowest BCUT2D eigenvalue weighted by Gasteiger charge is -2.19. The van der Waals surface area contributed by atoms with Crippen LogP contribution in [0.5, 0.6) is 5.75 Å². The summed E-state index contributed by atoms with van der Waals surface area (Å²) in [6.07, 6.45) is 2.49. The van der Waals surface area contributed by atoms with Crippen LogP contribution in [0.1, 0.15) is 55.2 Å². The molecule has 0 atom stereocenters. The highest BCUT2D eigenvalue weighted by atomic mass is 16.5. The number of ether oxygens (including phenoxy) is 1. The van der Waals surface area contributed by atoms with Crippen molar-refractivity contribution >= 4 is 16.9 Å². The van der Waals surface area contributed by atoms with Crippen molar-refractivity contribution in [3.8, 4) is 16.9 Å². The average molecular weight is 454 g/mol. The van der Waals surface area contributed by atoms with Crippen LogP contribution >= 0.6 is 0 Å². The van der Waals surface area contributed by atoms with E-state index in [4.69, 9.17) is 4.74 Å². The second kappa shape index (κ2) is 8.68. The van der Waals surface area contributed by atoms with Gasteiger partial charge in [-0.15, -0.1) is 0 Å². The monoisotopic (exact) mass is 453 g/mol. The van der Waals surface area contributed by atoms with Crippen LogP contribution < -0.4 is 4.74 Å². The fraction of sp³-hybridized carbons (Fsp3) is 0.300. The molecule has 4 aromatic rings. The Morgan fingerprint density at radius 3 is 2.41 bits per heavy atom. The van der Waals surface area contributed by atoms with Gasteiger partial charge in [-0.3, -0.25) is 0 Å². The van der Waals surface area contributed by atoms with E-state index in [1.165, 1.54) is 18.4 Å². The predicted molar refractivity (Wildman–Crippen MR) is 137 cm³/mol. The Labute approximate surface area is 200 Å². The number of benzene rings is 3. The fourth-order valence-corrected chi connectivity index (χ4v) is 4.53. The minimum Gasteiger partial charge on any atom is -0.493 e. The van der Waals surface area contributed by atoms with Crippen LogP contribution in [0.4, 0.5) is 0 Å². The molecule has 0 spiro atoms. The Bertz CT molecular complexity index is 1340. The molecule has 3 aromatic carbocycles. The number of hydrogen-bond acceptors (Lipinski definition) is 2. The van der Waals surface area contributed by atoms with Crippen molar-refractivity contribution in [2.75, 3.05) is 6.61 Å². The van der Waals surface area contributed by atoms with Crippen molar-refractivity contribution in [3.63, 3.8) is 0 Å². The maximum absolute atomic E-state index is 12.6. The summed E-state index contributed by atoms with van der Waals surface area (Å²) in [5, 5.41) is 11.3. The van der Waals surface area contributed by atoms with Gasteiger partial charge in [0.05, 0.1) is 6.61 Å². The van der Waals surface area contributed by atoms with E-state index in [9.17, 15) is 9.90 Å². The molecule has 0 amide bonds. The van der Waals surface area contributed by atoms with Gasteiger partial charge in [-0.2, -0.15) is 0 Å². The normalized spacial score (nSPS) is 13.9. The first-order valence-corrected chi connectivity index (χ1v) is 12.0. The van der Waals surface area contributed by atoms with Crippen molar-refractivity contribution in [1.29, 1.82) is 0 Å². The van der Waals surface area contributed by atoms with E-state index in [0.29, 0.717) is 18.2 Å². The predicted octanol–water partition coefficient (Wildman–Crippen LogP) is 7.14. The summed E-state index contributed by atoms with van der Waals surface area (Å²) in [4.78, 5) is 12.6. The van der Waals surface area contributed by atoms with Crippen molar-refractivity contribution in [3.05, 3.63) is 89.6 Å². The van der Waals surface area contributed by atoms with Gasteiger partial charge in [-0.05, 0) is 59.1 Å². The van der Waals surface area contributed by atoms with E-state index in [0.717, 1.165) is 39.9 Å². The van der Waals surface area contributed by atoms with Gasteiger partial charge in [0.15, 0.2) is 0 Å². The van der Waals surface area contributed by atoms with E-state index in [1.54, 1.807) is 0 Å². The molecular weight excluding hydrogens is 422 g/mol. The number of hydrogen-bond donors (Lipinski definition) is 1. The summed E-state index contributed by atoms with van der Waals surface area (Å²) in [6.45, 7) is 7.75. The first-order valence-electron chi connectivity index (χ1n) is 12.0.